The molecule has 0 fully saturated rings. The minimum absolute atomic E-state index is 0.127. The molecule has 0 bridgehead atoms. The Morgan fingerprint density at radius 1 is 1.56 bits per heavy atom. The molecule has 7 heteroatoms. The van der Waals surface area contributed by atoms with E-state index in [2.05, 4.69) is 10.3 Å². The fraction of sp³-hybridized carbons (Fsp3) is 0.364. The molecule has 0 saturated heterocycles. The summed E-state index contributed by atoms with van der Waals surface area (Å²) in [5, 5.41) is 11.0. The molecule has 1 unspecified atom stereocenters. The highest BCUT2D eigenvalue weighted by Gasteiger charge is 2.32. The Morgan fingerprint density at radius 2 is 2.22 bits per heavy atom. The maximum atomic E-state index is 12.2. The second kappa shape index (κ2) is 5.49. The van der Waals surface area contributed by atoms with Crippen LogP contribution >= 0.6 is 0 Å². The van der Waals surface area contributed by atoms with Gasteiger partial charge in [0.05, 0.1) is 18.0 Å². The van der Waals surface area contributed by atoms with E-state index in [9.17, 15) is 18.0 Å². The van der Waals surface area contributed by atoms with E-state index in [4.69, 9.17) is 5.26 Å². The summed E-state index contributed by atoms with van der Waals surface area (Å²) in [5.41, 5.74) is -0.908. The third-order valence-electron chi connectivity index (χ3n) is 2.20. The minimum atomic E-state index is -4.51. The summed E-state index contributed by atoms with van der Waals surface area (Å²) >= 11 is 0. The van der Waals surface area contributed by atoms with Crippen molar-refractivity contribution in [3.8, 4) is 6.07 Å². The van der Waals surface area contributed by atoms with Crippen LogP contribution in [-0.4, -0.2) is 10.9 Å². The summed E-state index contributed by atoms with van der Waals surface area (Å²) < 4.78 is 36.7. The molecule has 1 heterocycles. The summed E-state index contributed by atoms with van der Waals surface area (Å²) in [6, 6.07) is 3.66. The molecule has 4 nitrogen and oxygen atoms in total. The van der Waals surface area contributed by atoms with Crippen molar-refractivity contribution in [3.05, 3.63) is 24.0 Å². The molecule has 1 N–H and O–H groups in total. The number of carbonyl (C=O) groups excluding carboxylic acids is 1. The number of anilines is 1. The van der Waals surface area contributed by atoms with Crippen LogP contribution in [0.4, 0.5) is 18.9 Å². The van der Waals surface area contributed by atoms with Gasteiger partial charge in [-0.2, -0.15) is 18.4 Å². The number of hydrogen-bond donors (Lipinski definition) is 1. The largest absolute Gasteiger partial charge is 0.433 e. The Kier molecular flexibility index (Phi) is 4.26. The van der Waals surface area contributed by atoms with Crippen molar-refractivity contribution in [1.29, 1.82) is 5.26 Å². The second-order valence-electron chi connectivity index (χ2n) is 3.51. The Hall–Kier alpha value is -2.10. The number of hydrogen-bond acceptors (Lipinski definition) is 3. The molecule has 1 aromatic rings. The van der Waals surface area contributed by atoms with E-state index in [1.165, 1.54) is 0 Å². The molecular weight excluding hydrogens is 247 g/mol. The van der Waals surface area contributed by atoms with Crippen LogP contribution in [0.1, 0.15) is 19.0 Å². The van der Waals surface area contributed by atoms with E-state index in [0.717, 1.165) is 18.3 Å². The van der Waals surface area contributed by atoms with Gasteiger partial charge >= 0.3 is 6.18 Å². The van der Waals surface area contributed by atoms with E-state index >= 15 is 0 Å². The molecule has 96 valence electrons. The van der Waals surface area contributed by atoms with E-state index in [1.807, 2.05) is 0 Å². The molecule has 1 rings (SSSR count). The van der Waals surface area contributed by atoms with Gasteiger partial charge in [-0.25, -0.2) is 4.98 Å². The Balaban J connectivity index is 2.76. The highest BCUT2D eigenvalue weighted by atomic mass is 19.4. The number of halogens is 3. The van der Waals surface area contributed by atoms with Crippen LogP contribution in [0.25, 0.3) is 0 Å². The van der Waals surface area contributed by atoms with Crippen molar-refractivity contribution in [2.45, 2.75) is 19.5 Å². The molecule has 1 atom stereocenters. The zero-order valence-electron chi connectivity index (χ0n) is 9.45. The highest BCUT2D eigenvalue weighted by Crippen LogP contribution is 2.27. The number of amides is 1. The normalized spacial score (nSPS) is 12.6. The van der Waals surface area contributed by atoms with Crippen LogP contribution in [0, 0.1) is 17.2 Å². The first-order chi connectivity index (χ1) is 8.38. The van der Waals surface area contributed by atoms with Gasteiger partial charge in [-0.05, 0) is 18.6 Å². The number of alkyl halides is 3. The number of nitriles is 1. The average Bonchev–Trinajstić information content (AvgIpc) is 2.30. The van der Waals surface area contributed by atoms with Gasteiger partial charge in [0, 0.05) is 0 Å². The van der Waals surface area contributed by atoms with Crippen molar-refractivity contribution < 1.29 is 18.0 Å². The summed E-state index contributed by atoms with van der Waals surface area (Å²) in [7, 11) is 0. The second-order valence-corrected chi connectivity index (χ2v) is 3.51. The number of aromatic nitrogens is 1. The monoisotopic (exact) mass is 257 g/mol. The van der Waals surface area contributed by atoms with Crippen LogP contribution in [0.15, 0.2) is 18.3 Å². The standard InChI is InChI=1S/C11H10F3N3O/c1-2-7(5-15)10(18)17-8-3-4-9(16-6-8)11(12,13)14/h3-4,6-7H,2H2,1H3,(H,17,18). The summed E-state index contributed by atoms with van der Waals surface area (Å²) in [5.74, 6) is -1.38. The van der Waals surface area contributed by atoms with Crippen molar-refractivity contribution in [1.82, 2.24) is 4.98 Å². The van der Waals surface area contributed by atoms with Gasteiger partial charge in [0.2, 0.25) is 5.91 Å². The highest BCUT2D eigenvalue weighted by molar-refractivity contribution is 5.93. The van der Waals surface area contributed by atoms with E-state index in [0.29, 0.717) is 6.42 Å². The summed E-state index contributed by atoms with van der Waals surface area (Å²) in [6.07, 6.45) is -3.28. The lowest BCUT2D eigenvalue weighted by molar-refractivity contribution is -0.141. The van der Waals surface area contributed by atoms with Crippen LogP contribution in [0.2, 0.25) is 0 Å². The van der Waals surface area contributed by atoms with Crippen molar-refractivity contribution in [2.75, 3.05) is 5.32 Å². The lowest BCUT2D eigenvalue weighted by Crippen LogP contribution is -2.21. The molecular formula is C11H10F3N3O. The molecule has 0 aliphatic carbocycles. The molecule has 1 aromatic heterocycles. The van der Waals surface area contributed by atoms with Crippen LogP contribution in [0.5, 0.6) is 0 Å². The molecule has 0 spiro atoms. The Labute approximate surface area is 101 Å². The van der Waals surface area contributed by atoms with E-state index in [-0.39, 0.29) is 5.69 Å². The number of carbonyl (C=O) groups is 1. The lowest BCUT2D eigenvalue weighted by atomic mass is 10.1. The van der Waals surface area contributed by atoms with Gasteiger partial charge in [0.1, 0.15) is 11.6 Å². The quantitative estimate of drug-likeness (QED) is 0.905. The van der Waals surface area contributed by atoms with E-state index in [1.54, 1.807) is 13.0 Å². The van der Waals surface area contributed by atoms with Gasteiger partial charge in [-0.15, -0.1) is 0 Å². The van der Waals surface area contributed by atoms with Crippen molar-refractivity contribution in [3.63, 3.8) is 0 Å². The van der Waals surface area contributed by atoms with Gasteiger partial charge in [-0.1, -0.05) is 6.92 Å². The predicted molar refractivity (Wildman–Crippen MR) is 57.3 cm³/mol. The minimum Gasteiger partial charge on any atom is -0.324 e. The first-order valence-electron chi connectivity index (χ1n) is 5.12. The number of nitrogens with zero attached hydrogens (tertiary/aromatic N) is 2. The lowest BCUT2D eigenvalue weighted by Gasteiger charge is -2.09. The first-order valence-corrected chi connectivity index (χ1v) is 5.12. The predicted octanol–water partition coefficient (Wildman–Crippen LogP) is 2.59. The van der Waals surface area contributed by atoms with Crippen LogP contribution in [-0.2, 0) is 11.0 Å². The third kappa shape index (κ3) is 3.45. The fourth-order valence-electron chi connectivity index (χ4n) is 1.20. The van der Waals surface area contributed by atoms with Crippen LogP contribution in [0.3, 0.4) is 0 Å². The van der Waals surface area contributed by atoms with Crippen LogP contribution < -0.4 is 5.32 Å². The number of nitrogens with one attached hydrogen (secondary N) is 1. The van der Waals surface area contributed by atoms with E-state index < -0.39 is 23.7 Å². The Morgan fingerprint density at radius 3 is 2.61 bits per heavy atom. The zero-order chi connectivity index (χ0) is 13.8. The number of rotatable bonds is 3. The third-order valence-corrected chi connectivity index (χ3v) is 2.20. The SMILES string of the molecule is CCC(C#N)C(=O)Nc1ccc(C(F)(F)F)nc1. The van der Waals surface area contributed by atoms with Gasteiger partial charge < -0.3 is 5.32 Å². The number of pyridine rings is 1. The van der Waals surface area contributed by atoms with Crippen molar-refractivity contribution in [2.24, 2.45) is 5.92 Å². The van der Waals surface area contributed by atoms with Gasteiger partial charge in [0.25, 0.3) is 0 Å². The Bertz CT molecular complexity index is 462. The maximum absolute atomic E-state index is 12.2. The van der Waals surface area contributed by atoms with Gasteiger partial charge in [-0.3, -0.25) is 4.79 Å². The molecule has 0 aliphatic rings. The molecule has 0 aromatic carbocycles. The molecule has 18 heavy (non-hydrogen) atoms. The maximum Gasteiger partial charge on any atom is 0.433 e. The van der Waals surface area contributed by atoms with Crippen molar-refractivity contribution >= 4 is 11.6 Å². The molecule has 0 aliphatic heterocycles. The summed E-state index contributed by atoms with van der Waals surface area (Å²) in [6.45, 7) is 1.67. The first kappa shape index (κ1) is 14.0. The summed E-state index contributed by atoms with van der Waals surface area (Å²) in [4.78, 5) is 14.7. The van der Waals surface area contributed by atoms with Gasteiger partial charge in [0.15, 0.2) is 0 Å². The average molecular weight is 257 g/mol. The zero-order valence-corrected chi connectivity index (χ0v) is 9.45. The smallest absolute Gasteiger partial charge is 0.324 e. The fourth-order valence-corrected chi connectivity index (χ4v) is 1.20. The molecule has 0 radical (unpaired) electrons. The topological polar surface area (TPSA) is 65.8 Å². The molecule has 0 saturated carbocycles. The molecule has 1 amide bonds.